The van der Waals surface area contributed by atoms with Gasteiger partial charge in [0.25, 0.3) is 5.91 Å². The second kappa shape index (κ2) is 6.03. The molecule has 0 unspecified atom stereocenters. The predicted molar refractivity (Wildman–Crippen MR) is 88.5 cm³/mol. The van der Waals surface area contributed by atoms with Crippen molar-refractivity contribution in [3.63, 3.8) is 0 Å². The summed E-state index contributed by atoms with van der Waals surface area (Å²) in [4.78, 5) is 15.2. The molecule has 1 aromatic carbocycles. The number of nitrogens with one attached hydrogen (secondary N) is 1. The Morgan fingerprint density at radius 1 is 1.23 bits per heavy atom. The van der Waals surface area contributed by atoms with Crippen LogP contribution in [0.4, 0.5) is 11.6 Å². The van der Waals surface area contributed by atoms with Gasteiger partial charge in [0.2, 0.25) is 5.88 Å². The summed E-state index contributed by atoms with van der Waals surface area (Å²) >= 11 is 1.57. The van der Waals surface area contributed by atoms with Crippen LogP contribution in [0.2, 0.25) is 0 Å². The number of nitrogens with zero attached hydrogens (tertiary/aromatic N) is 2. The number of carbonyl (C=O) groups excluding carboxylic acids is 1. The van der Waals surface area contributed by atoms with E-state index >= 15 is 0 Å². The van der Waals surface area contributed by atoms with Gasteiger partial charge in [-0.2, -0.15) is 0 Å². The number of anilines is 2. The molecule has 1 N–H and O–H groups in total. The molecule has 0 aliphatic heterocycles. The summed E-state index contributed by atoms with van der Waals surface area (Å²) in [5, 5.41) is 8.64. The smallest absolute Gasteiger partial charge is 0.258 e. The van der Waals surface area contributed by atoms with Crippen molar-refractivity contribution in [2.24, 2.45) is 0 Å². The lowest BCUT2D eigenvalue weighted by molar-refractivity contribution is 0.102. The van der Waals surface area contributed by atoms with Crippen LogP contribution >= 0.6 is 11.3 Å². The number of benzene rings is 1. The normalized spacial score (nSPS) is 10.5. The van der Waals surface area contributed by atoms with E-state index in [1.54, 1.807) is 29.5 Å². The third-order valence-electron chi connectivity index (χ3n) is 3.17. The quantitative estimate of drug-likeness (QED) is 0.797. The van der Waals surface area contributed by atoms with E-state index in [9.17, 15) is 4.79 Å². The van der Waals surface area contributed by atoms with Crippen molar-refractivity contribution in [2.45, 2.75) is 0 Å². The molecule has 0 spiro atoms. The second-order valence-corrected chi connectivity index (χ2v) is 5.90. The standard InChI is InChI=1S/C16H15N3O2S/c1-19(2)12-7-5-11(6-8-12)16(20)17-15-10-13(18-21-15)14-4-3-9-22-14/h3-10H,1-2H3,(H,17,20). The molecular formula is C16H15N3O2S. The van der Waals surface area contributed by atoms with Crippen LogP contribution in [0, 0.1) is 0 Å². The summed E-state index contributed by atoms with van der Waals surface area (Å²) in [6.45, 7) is 0. The maximum Gasteiger partial charge on any atom is 0.258 e. The van der Waals surface area contributed by atoms with E-state index in [1.165, 1.54) is 0 Å². The summed E-state index contributed by atoms with van der Waals surface area (Å²) in [6, 6.07) is 13.0. The van der Waals surface area contributed by atoms with Gasteiger partial charge < -0.3 is 9.42 Å². The fourth-order valence-corrected chi connectivity index (χ4v) is 2.65. The largest absolute Gasteiger partial charge is 0.378 e. The van der Waals surface area contributed by atoms with Gasteiger partial charge in [-0.05, 0) is 35.7 Å². The Labute approximate surface area is 132 Å². The fourth-order valence-electron chi connectivity index (χ4n) is 1.97. The maximum atomic E-state index is 12.2. The van der Waals surface area contributed by atoms with Gasteiger partial charge in [-0.3, -0.25) is 10.1 Å². The van der Waals surface area contributed by atoms with Crippen molar-refractivity contribution in [2.75, 3.05) is 24.3 Å². The third-order valence-corrected chi connectivity index (χ3v) is 4.06. The molecule has 2 heterocycles. The van der Waals surface area contributed by atoms with Crippen LogP contribution in [0.3, 0.4) is 0 Å². The molecule has 22 heavy (non-hydrogen) atoms. The number of amides is 1. The van der Waals surface area contributed by atoms with Crippen LogP contribution in [-0.4, -0.2) is 25.2 Å². The summed E-state index contributed by atoms with van der Waals surface area (Å²) in [5.41, 5.74) is 2.32. The van der Waals surface area contributed by atoms with Crippen molar-refractivity contribution in [3.8, 4) is 10.6 Å². The molecule has 1 amide bonds. The minimum atomic E-state index is -0.223. The van der Waals surface area contributed by atoms with Crippen LogP contribution in [0.15, 0.2) is 52.4 Å². The zero-order valence-electron chi connectivity index (χ0n) is 12.2. The lowest BCUT2D eigenvalue weighted by Gasteiger charge is -2.12. The van der Waals surface area contributed by atoms with Crippen LogP contribution in [0.5, 0.6) is 0 Å². The first-order valence-electron chi connectivity index (χ1n) is 6.73. The Morgan fingerprint density at radius 3 is 2.64 bits per heavy atom. The molecule has 0 radical (unpaired) electrons. The first kappa shape index (κ1) is 14.3. The molecule has 5 nitrogen and oxygen atoms in total. The Bertz CT molecular complexity index is 761. The molecule has 112 valence electrons. The van der Waals surface area contributed by atoms with Gasteiger partial charge >= 0.3 is 0 Å². The van der Waals surface area contributed by atoms with E-state index in [2.05, 4.69) is 10.5 Å². The zero-order chi connectivity index (χ0) is 15.5. The molecule has 0 atom stereocenters. The van der Waals surface area contributed by atoms with Gasteiger partial charge in [-0.15, -0.1) is 11.3 Å². The van der Waals surface area contributed by atoms with Crippen LogP contribution < -0.4 is 10.2 Å². The van der Waals surface area contributed by atoms with E-state index in [0.717, 1.165) is 10.6 Å². The SMILES string of the molecule is CN(C)c1ccc(C(=O)Nc2cc(-c3cccs3)no2)cc1. The minimum Gasteiger partial charge on any atom is -0.378 e. The monoisotopic (exact) mass is 313 g/mol. The third kappa shape index (κ3) is 3.01. The number of aromatic nitrogens is 1. The highest BCUT2D eigenvalue weighted by Gasteiger charge is 2.12. The Kier molecular flexibility index (Phi) is 3.93. The van der Waals surface area contributed by atoms with Gasteiger partial charge in [0.05, 0.1) is 4.88 Å². The molecule has 6 heteroatoms. The van der Waals surface area contributed by atoms with Gasteiger partial charge in [0, 0.05) is 31.4 Å². The van der Waals surface area contributed by atoms with E-state index < -0.39 is 0 Å². The van der Waals surface area contributed by atoms with E-state index in [1.807, 2.05) is 48.6 Å². The summed E-state index contributed by atoms with van der Waals surface area (Å²) in [6.07, 6.45) is 0. The second-order valence-electron chi connectivity index (χ2n) is 4.95. The first-order valence-corrected chi connectivity index (χ1v) is 7.61. The molecule has 3 aromatic rings. The van der Waals surface area contributed by atoms with Crippen LogP contribution in [0.1, 0.15) is 10.4 Å². The molecule has 0 saturated carbocycles. The highest BCUT2D eigenvalue weighted by molar-refractivity contribution is 7.13. The van der Waals surface area contributed by atoms with Crippen molar-refractivity contribution in [3.05, 3.63) is 53.4 Å². The maximum absolute atomic E-state index is 12.2. The summed E-state index contributed by atoms with van der Waals surface area (Å²) < 4.78 is 5.16. The topological polar surface area (TPSA) is 58.4 Å². The number of hydrogen-bond acceptors (Lipinski definition) is 5. The number of rotatable bonds is 4. The van der Waals surface area contributed by atoms with Gasteiger partial charge in [-0.1, -0.05) is 11.2 Å². The Hall–Kier alpha value is -2.60. The molecule has 0 fully saturated rings. The van der Waals surface area contributed by atoms with Crippen molar-refractivity contribution in [1.29, 1.82) is 0 Å². The highest BCUT2D eigenvalue weighted by atomic mass is 32.1. The lowest BCUT2D eigenvalue weighted by atomic mass is 10.2. The average Bonchev–Trinajstić information content (AvgIpc) is 3.18. The molecule has 0 saturated heterocycles. The van der Waals surface area contributed by atoms with Gasteiger partial charge in [0.15, 0.2) is 0 Å². The zero-order valence-corrected chi connectivity index (χ0v) is 13.1. The number of hydrogen-bond donors (Lipinski definition) is 1. The Balaban J connectivity index is 1.71. The molecule has 2 aromatic heterocycles. The average molecular weight is 313 g/mol. The number of thiophene rings is 1. The molecule has 0 aliphatic rings. The van der Waals surface area contributed by atoms with E-state index in [0.29, 0.717) is 17.1 Å². The van der Waals surface area contributed by atoms with E-state index in [4.69, 9.17) is 4.52 Å². The summed E-state index contributed by atoms with van der Waals surface area (Å²) in [5.74, 6) is 0.115. The number of carbonyl (C=O) groups is 1. The minimum absolute atomic E-state index is 0.223. The van der Waals surface area contributed by atoms with Crippen molar-refractivity contribution in [1.82, 2.24) is 5.16 Å². The molecule has 0 bridgehead atoms. The van der Waals surface area contributed by atoms with Gasteiger partial charge in [-0.25, -0.2) is 0 Å². The summed E-state index contributed by atoms with van der Waals surface area (Å²) in [7, 11) is 3.91. The first-order chi connectivity index (χ1) is 10.6. The molecular weight excluding hydrogens is 298 g/mol. The van der Waals surface area contributed by atoms with Crippen LogP contribution in [-0.2, 0) is 0 Å². The van der Waals surface area contributed by atoms with E-state index in [-0.39, 0.29) is 5.91 Å². The highest BCUT2D eigenvalue weighted by Crippen LogP contribution is 2.26. The van der Waals surface area contributed by atoms with Crippen molar-refractivity contribution >= 4 is 28.8 Å². The Morgan fingerprint density at radius 2 is 2.00 bits per heavy atom. The van der Waals surface area contributed by atoms with Crippen molar-refractivity contribution < 1.29 is 9.32 Å². The fraction of sp³-hybridized carbons (Fsp3) is 0.125. The molecule has 3 rings (SSSR count). The molecule has 0 aliphatic carbocycles. The van der Waals surface area contributed by atoms with Gasteiger partial charge in [0.1, 0.15) is 5.69 Å². The van der Waals surface area contributed by atoms with Crippen LogP contribution in [0.25, 0.3) is 10.6 Å². The predicted octanol–water partition coefficient (Wildman–Crippen LogP) is 3.72. The lowest BCUT2D eigenvalue weighted by Crippen LogP contribution is -2.12.